The number of nitrogens with zero attached hydrogens (tertiary/aromatic N) is 2. The third-order valence-corrected chi connectivity index (χ3v) is 7.91. The average Bonchev–Trinajstić information content (AvgIpc) is 3.60. The van der Waals surface area contributed by atoms with Crippen molar-refractivity contribution in [2.24, 2.45) is 5.92 Å². The molecule has 0 radical (unpaired) electrons. The summed E-state index contributed by atoms with van der Waals surface area (Å²) in [4.78, 5) is 21.3. The molecule has 2 fully saturated rings. The summed E-state index contributed by atoms with van der Waals surface area (Å²) in [5, 5.41) is 2.62. The molecule has 1 saturated heterocycles. The largest absolute Gasteiger partial charge is 0.381 e. The molecule has 2 heterocycles. The molecule has 0 unspecified atom stereocenters. The predicted octanol–water partition coefficient (Wildman–Crippen LogP) is 2.95. The van der Waals surface area contributed by atoms with E-state index >= 15 is 0 Å². The van der Waals surface area contributed by atoms with Crippen LogP contribution in [0.1, 0.15) is 43.6 Å². The second-order valence-electron chi connectivity index (χ2n) is 7.74. The minimum absolute atomic E-state index is 0.145. The Labute approximate surface area is 170 Å². The van der Waals surface area contributed by atoms with Crippen LogP contribution in [0.2, 0.25) is 0 Å². The van der Waals surface area contributed by atoms with E-state index in [-0.39, 0.29) is 17.1 Å². The van der Waals surface area contributed by atoms with Crippen LogP contribution in [-0.2, 0) is 19.4 Å². The lowest BCUT2D eigenvalue weighted by molar-refractivity contribution is -0.118. The SMILES string of the molecule is O=C(Nc1ccncn1)[C@H](CC1CCOCC1)c1ccc(S(=O)(=O)C2CC2)cc1. The third kappa shape index (κ3) is 4.82. The lowest BCUT2D eigenvalue weighted by Gasteiger charge is -2.26. The molecular weight excluding hydrogens is 390 g/mol. The molecule has 1 aliphatic heterocycles. The number of amides is 1. The van der Waals surface area contributed by atoms with Gasteiger partial charge in [-0.2, -0.15) is 0 Å². The number of sulfone groups is 1. The predicted molar refractivity (Wildman–Crippen MR) is 108 cm³/mol. The lowest BCUT2D eigenvalue weighted by Crippen LogP contribution is -2.26. The zero-order valence-corrected chi connectivity index (χ0v) is 17.0. The van der Waals surface area contributed by atoms with Gasteiger partial charge in [0.05, 0.1) is 16.1 Å². The maximum Gasteiger partial charge on any atom is 0.233 e. The molecule has 0 bridgehead atoms. The smallest absolute Gasteiger partial charge is 0.233 e. The standard InChI is InChI=1S/C21H25N3O4S/c25-21(24-20-7-10-22-14-23-20)19(13-15-8-11-28-12-9-15)16-1-3-17(4-2-16)29(26,27)18-5-6-18/h1-4,7,10,14-15,18-19H,5-6,8-9,11-13H2,(H,22,23,24,25)/t19-/m1/s1. The molecule has 1 N–H and O–H groups in total. The molecule has 8 heteroatoms. The Morgan fingerprint density at radius 2 is 1.83 bits per heavy atom. The van der Waals surface area contributed by atoms with Gasteiger partial charge in [0, 0.05) is 19.4 Å². The van der Waals surface area contributed by atoms with Gasteiger partial charge in [-0.05, 0) is 61.8 Å². The van der Waals surface area contributed by atoms with Gasteiger partial charge in [-0.15, -0.1) is 0 Å². The fraction of sp³-hybridized carbons (Fsp3) is 0.476. The molecule has 1 aliphatic carbocycles. The molecule has 29 heavy (non-hydrogen) atoms. The molecule has 2 aliphatic rings. The van der Waals surface area contributed by atoms with Crippen LogP contribution < -0.4 is 5.32 Å². The number of nitrogens with one attached hydrogen (secondary N) is 1. The molecule has 7 nitrogen and oxygen atoms in total. The van der Waals surface area contributed by atoms with Crippen molar-refractivity contribution >= 4 is 21.6 Å². The van der Waals surface area contributed by atoms with Gasteiger partial charge in [-0.25, -0.2) is 18.4 Å². The van der Waals surface area contributed by atoms with Gasteiger partial charge in [0.15, 0.2) is 9.84 Å². The number of hydrogen-bond donors (Lipinski definition) is 1. The minimum atomic E-state index is -3.24. The first kappa shape index (κ1) is 20.0. The number of ether oxygens (including phenoxy) is 1. The van der Waals surface area contributed by atoms with Crippen molar-refractivity contribution in [1.82, 2.24) is 9.97 Å². The number of benzene rings is 1. The summed E-state index contributed by atoms with van der Waals surface area (Å²) < 4.78 is 30.4. The second-order valence-corrected chi connectivity index (χ2v) is 9.97. The molecule has 1 saturated carbocycles. The highest BCUT2D eigenvalue weighted by molar-refractivity contribution is 7.92. The highest BCUT2D eigenvalue weighted by Gasteiger charge is 2.37. The van der Waals surface area contributed by atoms with Crippen molar-refractivity contribution < 1.29 is 17.9 Å². The lowest BCUT2D eigenvalue weighted by atomic mass is 9.84. The number of anilines is 1. The topological polar surface area (TPSA) is 98.2 Å². The fourth-order valence-electron chi connectivity index (χ4n) is 3.75. The summed E-state index contributed by atoms with van der Waals surface area (Å²) in [6.45, 7) is 1.42. The molecule has 1 amide bonds. The van der Waals surface area contributed by atoms with Crippen molar-refractivity contribution in [2.45, 2.75) is 48.2 Å². The molecular formula is C21H25N3O4S. The number of rotatable bonds is 7. The van der Waals surface area contributed by atoms with E-state index in [9.17, 15) is 13.2 Å². The van der Waals surface area contributed by atoms with Gasteiger partial charge in [0.1, 0.15) is 12.1 Å². The number of carbonyl (C=O) groups is 1. The molecule has 0 spiro atoms. The van der Waals surface area contributed by atoms with E-state index < -0.39 is 9.84 Å². The van der Waals surface area contributed by atoms with E-state index in [1.165, 1.54) is 6.33 Å². The maximum absolute atomic E-state index is 13.1. The van der Waals surface area contributed by atoms with Crippen LogP contribution in [0.25, 0.3) is 0 Å². The Bertz CT molecular complexity index is 938. The Morgan fingerprint density at radius 1 is 1.10 bits per heavy atom. The van der Waals surface area contributed by atoms with Crippen LogP contribution in [0.3, 0.4) is 0 Å². The van der Waals surface area contributed by atoms with E-state index in [2.05, 4.69) is 15.3 Å². The van der Waals surface area contributed by atoms with E-state index in [1.807, 2.05) is 0 Å². The van der Waals surface area contributed by atoms with Crippen LogP contribution in [-0.4, -0.2) is 42.8 Å². The summed E-state index contributed by atoms with van der Waals surface area (Å²) in [7, 11) is -3.24. The van der Waals surface area contributed by atoms with Crippen molar-refractivity contribution in [2.75, 3.05) is 18.5 Å². The summed E-state index contributed by atoms with van der Waals surface area (Å²) in [6.07, 6.45) is 6.97. The number of hydrogen-bond acceptors (Lipinski definition) is 6. The van der Waals surface area contributed by atoms with Crippen LogP contribution >= 0.6 is 0 Å². The van der Waals surface area contributed by atoms with Crippen molar-refractivity contribution in [3.05, 3.63) is 48.4 Å². The van der Waals surface area contributed by atoms with Gasteiger partial charge < -0.3 is 10.1 Å². The number of carbonyl (C=O) groups excluding carboxylic acids is 1. The van der Waals surface area contributed by atoms with E-state index in [0.29, 0.717) is 36.3 Å². The van der Waals surface area contributed by atoms with Gasteiger partial charge in [0.25, 0.3) is 0 Å². The van der Waals surface area contributed by atoms with Crippen molar-refractivity contribution in [3.8, 4) is 0 Å². The van der Waals surface area contributed by atoms with Crippen LogP contribution in [0.4, 0.5) is 5.82 Å². The highest BCUT2D eigenvalue weighted by Crippen LogP contribution is 2.35. The summed E-state index contributed by atoms with van der Waals surface area (Å²) in [5.74, 6) is 0.313. The molecule has 2 aromatic rings. The zero-order valence-electron chi connectivity index (χ0n) is 16.2. The minimum Gasteiger partial charge on any atom is -0.381 e. The Hall–Kier alpha value is -2.32. The van der Waals surface area contributed by atoms with Gasteiger partial charge in [-0.1, -0.05) is 12.1 Å². The Balaban J connectivity index is 1.56. The first-order valence-corrected chi connectivity index (χ1v) is 11.6. The quantitative estimate of drug-likeness (QED) is 0.747. The van der Waals surface area contributed by atoms with E-state index in [0.717, 1.165) is 31.2 Å². The number of aromatic nitrogens is 2. The molecule has 154 valence electrons. The average molecular weight is 416 g/mol. The van der Waals surface area contributed by atoms with Gasteiger partial charge in [-0.3, -0.25) is 4.79 Å². The fourth-order valence-corrected chi connectivity index (χ4v) is 5.41. The second kappa shape index (κ2) is 8.59. The maximum atomic E-state index is 13.1. The monoisotopic (exact) mass is 415 g/mol. The molecule has 1 aromatic heterocycles. The summed E-state index contributed by atoms with van der Waals surface area (Å²) in [6, 6.07) is 8.47. The normalized spacial score (nSPS) is 18.9. The first-order chi connectivity index (χ1) is 14.0. The summed E-state index contributed by atoms with van der Waals surface area (Å²) >= 11 is 0. The van der Waals surface area contributed by atoms with Crippen LogP contribution in [0.5, 0.6) is 0 Å². The van der Waals surface area contributed by atoms with Crippen LogP contribution in [0, 0.1) is 5.92 Å². The van der Waals surface area contributed by atoms with E-state index in [1.54, 1.807) is 36.5 Å². The Kier molecular flexibility index (Phi) is 5.91. The van der Waals surface area contributed by atoms with Crippen molar-refractivity contribution in [3.63, 3.8) is 0 Å². The first-order valence-electron chi connectivity index (χ1n) is 10.0. The zero-order chi connectivity index (χ0) is 20.3. The van der Waals surface area contributed by atoms with E-state index in [4.69, 9.17) is 4.74 Å². The molecule has 1 atom stereocenters. The molecule has 1 aromatic carbocycles. The summed E-state index contributed by atoms with van der Waals surface area (Å²) in [5.41, 5.74) is 0.817. The Morgan fingerprint density at radius 3 is 2.45 bits per heavy atom. The molecule has 4 rings (SSSR count). The highest BCUT2D eigenvalue weighted by atomic mass is 32.2. The van der Waals surface area contributed by atoms with Crippen LogP contribution in [0.15, 0.2) is 47.8 Å². The van der Waals surface area contributed by atoms with Gasteiger partial charge >= 0.3 is 0 Å². The van der Waals surface area contributed by atoms with Crippen molar-refractivity contribution in [1.29, 1.82) is 0 Å². The van der Waals surface area contributed by atoms with Gasteiger partial charge in [0.2, 0.25) is 5.91 Å². The third-order valence-electron chi connectivity index (χ3n) is 5.63.